The van der Waals surface area contributed by atoms with Crippen molar-refractivity contribution in [1.82, 2.24) is 14.5 Å². The molecule has 0 bridgehead atoms. The van der Waals surface area contributed by atoms with Gasteiger partial charge < -0.3 is 19.2 Å². The molecule has 10 nitrogen and oxygen atoms in total. The molecule has 1 fully saturated rings. The number of hydrogen-bond donors (Lipinski definition) is 1. The van der Waals surface area contributed by atoms with Gasteiger partial charge in [0.1, 0.15) is 24.1 Å². The van der Waals surface area contributed by atoms with Crippen molar-refractivity contribution in [1.29, 1.82) is 0 Å². The fourth-order valence-corrected chi connectivity index (χ4v) is 8.17. The van der Waals surface area contributed by atoms with E-state index in [-0.39, 0.29) is 6.61 Å². The number of ether oxygens (including phenoxy) is 2. The van der Waals surface area contributed by atoms with Crippen molar-refractivity contribution in [2.24, 2.45) is 0 Å². The van der Waals surface area contributed by atoms with Crippen LogP contribution in [0.4, 0.5) is 15.4 Å². The Bertz CT molecular complexity index is 1390. The predicted molar refractivity (Wildman–Crippen MR) is 164 cm³/mol. The van der Waals surface area contributed by atoms with Crippen molar-refractivity contribution >= 4 is 43.3 Å². The normalized spacial score (nSPS) is 17.3. The monoisotopic (exact) mass is 594 g/mol. The lowest BCUT2D eigenvalue weighted by molar-refractivity contribution is -0.122. The maximum atomic E-state index is 13.8. The third-order valence-corrected chi connectivity index (χ3v) is 12.4. The van der Waals surface area contributed by atoms with E-state index in [0.29, 0.717) is 29.8 Å². The predicted octanol–water partition coefficient (Wildman–Crippen LogP) is 6.56. The molecule has 1 aliphatic heterocycles. The van der Waals surface area contributed by atoms with E-state index < -0.39 is 44.2 Å². The van der Waals surface area contributed by atoms with E-state index in [1.54, 1.807) is 45.2 Å². The van der Waals surface area contributed by atoms with Gasteiger partial charge in [-0.15, -0.1) is 0 Å². The molecule has 1 aromatic carbocycles. The molecule has 0 radical (unpaired) electrons. The molecule has 3 aromatic rings. The molecular formula is C31H42N4O6Si. The van der Waals surface area contributed by atoms with Crippen LogP contribution in [0.2, 0.25) is 18.1 Å². The zero-order chi connectivity index (χ0) is 30.5. The highest BCUT2D eigenvalue weighted by Gasteiger charge is 2.46. The summed E-state index contributed by atoms with van der Waals surface area (Å²) in [5.41, 5.74) is 1.30. The fourth-order valence-electron chi connectivity index (χ4n) is 5.29. The van der Waals surface area contributed by atoms with Crippen LogP contribution in [-0.2, 0) is 25.3 Å². The van der Waals surface area contributed by atoms with Gasteiger partial charge in [0, 0.05) is 12.7 Å². The summed E-state index contributed by atoms with van der Waals surface area (Å²) >= 11 is 0. The number of nitrogens with one attached hydrogen (secondary N) is 1. The van der Waals surface area contributed by atoms with Crippen LogP contribution in [0.1, 0.15) is 53.5 Å². The summed E-state index contributed by atoms with van der Waals surface area (Å²) in [5, 5.41) is 2.89. The van der Waals surface area contributed by atoms with Gasteiger partial charge in [0.15, 0.2) is 8.32 Å². The van der Waals surface area contributed by atoms with Crippen LogP contribution in [0, 0.1) is 0 Å². The van der Waals surface area contributed by atoms with Crippen molar-refractivity contribution in [3.8, 4) is 0 Å². The smallest absolute Gasteiger partial charge is 0.419 e. The third-order valence-electron chi connectivity index (χ3n) is 7.77. The van der Waals surface area contributed by atoms with Crippen LogP contribution in [0.15, 0.2) is 54.7 Å². The summed E-state index contributed by atoms with van der Waals surface area (Å²) in [5.74, 6) is -0.0820. The van der Waals surface area contributed by atoms with Crippen molar-refractivity contribution < 1.29 is 28.3 Å². The molecular weight excluding hydrogens is 552 g/mol. The number of hydrogen-bond acceptors (Lipinski definition) is 7. The highest BCUT2D eigenvalue weighted by molar-refractivity contribution is 6.73. The second-order valence-corrected chi connectivity index (χ2v) is 16.3. The van der Waals surface area contributed by atoms with E-state index in [1.165, 1.54) is 9.47 Å². The number of carbonyl (C=O) groups excluding carboxylic acids is 3. The number of aromatic nitrogens is 2. The zero-order valence-electron chi connectivity index (χ0n) is 25.4. The van der Waals surface area contributed by atoms with Crippen LogP contribution < -0.4 is 5.32 Å². The Hall–Kier alpha value is -3.70. The number of benzene rings is 1. The molecule has 0 spiro atoms. The van der Waals surface area contributed by atoms with E-state index in [4.69, 9.17) is 13.9 Å². The number of fused-ring (bicyclic) bond motifs is 1. The van der Waals surface area contributed by atoms with Crippen molar-refractivity contribution in [2.45, 2.75) is 90.4 Å². The Kier molecular flexibility index (Phi) is 9.73. The minimum atomic E-state index is -2.08. The summed E-state index contributed by atoms with van der Waals surface area (Å²) in [7, 11) is -2.08. The van der Waals surface area contributed by atoms with E-state index in [2.05, 4.69) is 31.1 Å². The van der Waals surface area contributed by atoms with Crippen molar-refractivity contribution in [3.63, 3.8) is 0 Å². The first-order valence-corrected chi connectivity index (χ1v) is 17.2. The van der Waals surface area contributed by atoms with Gasteiger partial charge in [0.25, 0.3) is 5.91 Å². The first-order chi connectivity index (χ1) is 20.0. The molecule has 2 atom stereocenters. The number of amides is 2. The van der Waals surface area contributed by atoms with Gasteiger partial charge >= 0.3 is 12.2 Å². The average molecular weight is 595 g/mol. The van der Waals surface area contributed by atoms with Crippen LogP contribution in [0.3, 0.4) is 0 Å². The lowest BCUT2D eigenvalue weighted by atomic mass is 10.1. The van der Waals surface area contributed by atoms with Crippen molar-refractivity contribution in [3.05, 3.63) is 60.3 Å². The van der Waals surface area contributed by atoms with Crippen molar-refractivity contribution in [2.75, 3.05) is 11.9 Å². The highest BCUT2D eigenvalue weighted by atomic mass is 28.4. The molecule has 2 amide bonds. The Labute approximate surface area is 248 Å². The molecule has 11 heteroatoms. The second-order valence-electron chi connectivity index (χ2n) is 11.6. The van der Waals surface area contributed by atoms with Gasteiger partial charge in [-0.25, -0.2) is 14.6 Å². The Morgan fingerprint density at radius 3 is 2.31 bits per heavy atom. The van der Waals surface area contributed by atoms with Gasteiger partial charge in [-0.3, -0.25) is 14.3 Å². The molecule has 2 aromatic heterocycles. The lowest BCUT2D eigenvalue weighted by Gasteiger charge is -2.34. The molecule has 1 aliphatic rings. The Morgan fingerprint density at radius 2 is 1.67 bits per heavy atom. The summed E-state index contributed by atoms with van der Waals surface area (Å²) in [6.07, 6.45) is 0.616. The van der Waals surface area contributed by atoms with E-state index >= 15 is 0 Å². The maximum absolute atomic E-state index is 13.8. The summed E-state index contributed by atoms with van der Waals surface area (Å²) in [4.78, 5) is 45.7. The number of anilines is 1. The second kappa shape index (κ2) is 13.1. The number of carbonyl (C=O) groups is 3. The van der Waals surface area contributed by atoms with Gasteiger partial charge in [0.2, 0.25) is 0 Å². The average Bonchev–Trinajstić information content (AvgIpc) is 3.58. The van der Waals surface area contributed by atoms with Crippen LogP contribution in [-0.4, -0.2) is 65.2 Å². The SMILES string of the molecule is CC[Si](CC)(CC)O[C@@H]1CCN(C(=O)OCc2ccccc2)[C@H]1C(=O)Nc1ccc2c(ccn2C(=O)OC(C)(C)C)n1. The molecule has 42 heavy (non-hydrogen) atoms. The summed E-state index contributed by atoms with van der Waals surface area (Å²) < 4.78 is 19.2. The van der Waals surface area contributed by atoms with E-state index in [1.807, 2.05) is 30.3 Å². The van der Waals surface area contributed by atoms with Crippen LogP contribution in [0.25, 0.3) is 11.0 Å². The molecule has 1 saturated heterocycles. The zero-order valence-corrected chi connectivity index (χ0v) is 26.4. The molecule has 0 unspecified atom stereocenters. The Morgan fingerprint density at radius 1 is 0.976 bits per heavy atom. The molecule has 3 heterocycles. The minimum Gasteiger partial charge on any atom is -0.445 e. The van der Waals surface area contributed by atoms with Crippen LogP contribution >= 0.6 is 0 Å². The summed E-state index contributed by atoms with van der Waals surface area (Å²) in [6.45, 7) is 12.3. The quantitative estimate of drug-likeness (QED) is 0.279. The largest absolute Gasteiger partial charge is 0.445 e. The summed E-state index contributed by atoms with van der Waals surface area (Å²) in [6, 6.07) is 16.4. The number of nitrogens with zero attached hydrogens (tertiary/aromatic N) is 3. The number of rotatable bonds is 9. The molecule has 0 aliphatic carbocycles. The molecule has 1 N–H and O–H groups in total. The first-order valence-electron chi connectivity index (χ1n) is 14.7. The van der Waals surface area contributed by atoms with Crippen LogP contribution in [0.5, 0.6) is 0 Å². The molecule has 4 rings (SSSR count). The minimum absolute atomic E-state index is 0.112. The highest BCUT2D eigenvalue weighted by Crippen LogP contribution is 2.31. The van der Waals surface area contributed by atoms with E-state index in [0.717, 1.165) is 23.7 Å². The van der Waals surface area contributed by atoms with Gasteiger partial charge in [-0.2, -0.15) is 0 Å². The fraction of sp³-hybridized carbons (Fsp3) is 0.484. The maximum Gasteiger partial charge on any atom is 0.419 e. The third kappa shape index (κ3) is 7.19. The topological polar surface area (TPSA) is 112 Å². The van der Waals surface area contributed by atoms with Gasteiger partial charge in [-0.05, 0) is 69.1 Å². The Balaban J connectivity index is 1.55. The van der Waals surface area contributed by atoms with E-state index in [9.17, 15) is 14.4 Å². The standard InChI is InChI=1S/C31H42N4O6Si/c1-7-42(8-2,9-3)41-25-18-20-35(29(37)39-21-22-13-11-10-12-14-22)27(25)28(36)33-26-16-15-24-23(32-26)17-19-34(24)30(38)40-31(4,5)6/h10-17,19,25,27H,7-9,18,20-21H2,1-6H3,(H,32,33,36)/t25-,27-/m1/s1. The number of likely N-dealkylation sites (tertiary alicyclic amines) is 1. The lowest BCUT2D eigenvalue weighted by Crippen LogP contribution is -2.52. The first kappa shape index (κ1) is 31.2. The number of pyridine rings is 1. The van der Waals surface area contributed by atoms with Gasteiger partial charge in [0.05, 0.1) is 17.1 Å². The molecule has 0 saturated carbocycles. The van der Waals surface area contributed by atoms with Gasteiger partial charge in [-0.1, -0.05) is 51.1 Å². The molecule has 226 valence electrons.